The predicted octanol–water partition coefficient (Wildman–Crippen LogP) is 5.89. The smallest absolute Gasteiger partial charge is 0.354 e. The molecule has 3 aromatic rings. The van der Waals surface area contributed by atoms with Gasteiger partial charge < -0.3 is 10.2 Å². The third kappa shape index (κ3) is 8.01. The quantitative estimate of drug-likeness (QED) is 0.278. The van der Waals surface area contributed by atoms with E-state index in [1.807, 2.05) is 6.92 Å². The third-order valence-electron chi connectivity index (χ3n) is 6.31. The van der Waals surface area contributed by atoms with Gasteiger partial charge in [-0.15, -0.1) is 0 Å². The molecule has 0 radical (unpaired) electrons. The van der Waals surface area contributed by atoms with E-state index in [2.05, 4.69) is 5.32 Å². The second-order valence-electron chi connectivity index (χ2n) is 9.20. The molecule has 0 saturated carbocycles. The van der Waals surface area contributed by atoms with Gasteiger partial charge in [0.2, 0.25) is 11.8 Å². The molecule has 0 aromatic heterocycles. The minimum atomic E-state index is -4.75. The van der Waals surface area contributed by atoms with Crippen LogP contribution in [0.15, 0.2) is 83.8 Å². The van der Waals surface area contributed by atoms with Gasteiger partial charge >= 0.3 is 6.18 Å². The fraction of sp³-hybridized carbons (Fsp3) is 0.310. The molecule has 0 aliphatic rings. The van der Waals surface area contributed by atoms with Crippen molar-refractivity contribution in [1.29, 1.82) is 0 Å². The lowest BCUT2D eigenvalue weighted by Crippen LogP contribution is -2.52. The van der Waals surface area contributed by atoms with Gasteiger partial charge in [-0.2, -0.15) is 13.2 Å². The fourth-order valence-corrected chi connectivity index (χ4v) is 5.80. The second-order valence-corrected chi connectivity index (χ2v) is 11.5. The molecule has 12 heteroatoms. The molecule has 41 heavy (non-hydrogen) atoms. The zero-order valence-corrected chi connectivity index (χ0v) is 24.1. The summed E-state index contributed by atoms with van der Waals surface area (Å²) < 4.78 is 68.8. The van der Waals surface area contributed by atoms with Crippen molar-refractivity contribution in [1.82, 2.24) is 10.2 Å². The number of hydrogen-bond donors (Lipinski definition) is 1. The van der Waals surface area contributed by atoms with Crippen LogP contribution in [0.1, 0.15) is 37.8 Å². The van der Waals surface area contributed by atoms with Crippen LogP contribution in [0.2, 0.25) is 5.02 Å². The van der Waals surface area contributed by atoms with E-state index in [4.69, 9.17) is 11.6 Å². The van der Waals surface area contributed by atoms with Crippen LogP contribution >= 0.6 is 11.6 Å². The number of sulfonamides is 1. The van der Waals surface area contributed by atoms with Crippen LogP contribution in [0, 0.1) is 0 Å². The van der Waals surface area contributed by atoms with E-state index in [9.17, 15) is 31.2 Å². The SMILES string of the molecule is CCCNC(=O)[C@@H](CC)N(Cc1ccccc1Cl)C(=O)CN(c1cccc(C(F)(F)F)c1)S(=O)(=O)c1ccccc1. The maximum Gasteiger partial charge on any atom is 0.416 e. The maximum atomic E-state index is 14.0. The minimum Gasteiger partial charge on any atom is -0.354 e. The van der Waals surface area contributed by atoms with Gasteiger partial charge in [-0.25, -0.2) is 8.42 Å². The van der Waals surface area contributed by atoms with Crippen molar-refractivity contribution in [3.05, 3.63) is 95.0 Å². The number of rotatable bonds is 12. The van der Waals surface area contributed by atoms with Crippen LogP contribution in [0.25, 0.3) is 0 Å². The van der Waals surface area contributed by atoms with Crippen LogP contribution in [0.3, 0.4) is 0 Å². The Balaban J connectivity index is 2.11. The molecule has 1 N–H and O–H groups in total. The molecule has 0 aliphatic heterocycles. The first-order valence-corrected chi connectivity index (χ1v) is 14.8. The topological polar surface area (TPSA) is 86.8 Å². The highest BCUT2D eigenvalue weighted by molar-refractivity contribution is 7.92. The van der Waals surface area contributed by atoms with Crippen LogP contribution in [-0.2, 0) is 32.3 Å². The molecule has 220 valence electrons. The first-order chi connectivity index (χ1) is 19.4. The number of carbonyl (C=O) groups is 2. The lowest BCUT2D eigenvalue weighted by atomic mass is 10.1. The Kier molecular flexibility index (Phi) is 10.8. The summed E-state index contributed by atoms with van der Waals surface area (Å²) in [5.41, 5.74) is -0.909. The first kappa shape index (κ1) is 32.0. The number of anilines is 1. The molecule has 1 atom stereocenters. The highest BCUT2D eigenvalue weighted by Crippen LogP contribution is 2.33. The van der Waals surface area contributed by atoms with Gasteiger partial charge in [-0.05, 0) is 54.8 Å². The maximum absolute atomic E-state index is 14.0. The van der Waals surface area contributed by atoms with Crippen molar-refractivity contribution >= 4 is 39.1 Å². The summed E-state index contributed by atoms with van der Waals surface area (Å²) in [5, 5.41) is 3.10. The molecule has 0 fully saturated rings. The highest BCUT2D eigenvalue weighted by atomic mass is 35.5. The minimum absolute atomic E-state index is 0.127. The zero-order chi connectivity index (χ0) is 30.2. The number of benzene rings is 3. The second kappa shape index (κ2) is 13.9. The van der Waals surface area contributed by atoms with Gasteiger partial charge in [0.1, 0.15) is 12.6 Å². The average molecular weight is 610 g/mol. The molecule has 2 amide bonds. The Bertz CT molecular complexity index is 1450. The van der Waals surface area contributed by atoms with E-state index in [0.717, 1.165) is 12.1 Å². The van der Waals surface area contributed by atoms with E-state index in [1.165, 1.54) is 35.2 Å². The van der Waals surface area contributed by atoms with Gasteiger partial charge in [-0.1, -0.05) is 67.9 Å². The lowest BCUT2D eigenvalue weighted by Gasteiger charge is -2.33. The van der Waals surface area contributed by atoms with E-state index < -0.39 is 46.2 Å². The summed E-state index contributed by atoms with van der Waals surface area (Å²) in [4.78, 5) is 28.0. The van der Waals surface area contributed by atoms with E-state index in [1.54, 1.807) is 37.3 Å². The van der Waals surface area contributed by atoms with Gasteiger partial charge in [0, 0.05) is 18.1 Å². The standard InChI is InChI=1S/C29H31ClF3N3O4S/c1-3-17-34-28(38)26(4-2)35(19-21-11-8-9-16-25(21)30)27(37)20-36(41(39,40)24-14-6-5-7-15-24)23-13-10-12-22(18-23)29(31,32)33/h5-16,18,26H,3-4,17,19-20H2,1-2H3,(H,34,38)/t26-/m1/s1. The molecule has 0 bridgehead atoms. The van der Waals surface area contributed by atoms with Crippen LogP contribution in [0.5, 0.6) is 0 Å². The first-order valence-electron chi connectivity index (χ1n) is 13.0. The molecule has 0 aliphatic carbocycles. The Labute approximate surface area is 243 Å². The highest BCUT2D eigenvalue weighted by Gasteiger charge is 2.36. The number of amides is 2. The number of carbonyl (C=O) groups excluding carboxylic acids is 2. The Morgan fingerprint density at radius 1 is 0.951 bits per heavy atom. The summed E-state index contributed by atoms with van der Waals surface area (Å²) in [6.07, 6.45) is -3.90. The van der Waals surface area contributed by atoms with Crippen LogP contribution in [-0.4, -0.2) is 44.3 Å². The molecule has 0 heterocycles. The van der Waals surface area contributed by atoms with E-state index in [0.29, 0.717) is 33.9 Å². The van der Waals surface area contributed by atoms with E-state index in [-0.39, 0.29) is 23.5 Å². The number of nitrogens with one attached hydrogen (secondary N) is 1. The summed E-state index contributed by atoms with van der Waals surface area (Å²) >= 11 is 6.35. The van der Waals surface area contributed by atoms with Crippen molar-refractivity contribution in [2.45, 2.75) is 50.3 Å². The van der Waals surface area contributed by atoms with E-state index >= 15 is 0 Å². The summed E-state index contributed by atoms with van der Waals surface area (Å²) in [7, 11) is -4.50. The van der Waals surface area contributed by atoms with Gasteiger partial charge in [-0.3, -0.25) is 13.9 Å². The molecule has 0 saturated heterocycles. The molecule has 0 unspecified atom stereocenters. The number of nitrogens with zero attached hydrogens (tertiary/aromatic N) is 2. The monoisotopic (exact) mass is 609 g/mol. The van der Waals surface area contributed by atoms with Crippen molar-refractivity contribution < 1.29 is 31.2 Å². The van der Waals surface area contributed by atoms with Crippen LogP contribution < -0.4 is 9.62 Å². The van der Waals surface area contributed by atoms with Crippen molar-refractivity contribution in [2.24, 2.45) is 0 Å². The van der Waals surface area contributed by atoms with Gasteiger partial charge in [0.15, 0.2) is 0 Å². The number of alkyl halides is 3. The van der Waals surface area contributed by atoms with Gasteiger partial charge in [0.05, 0.1) is 16.1 Å². The summed E-state index contributed by atoms with van der Waals surface area (Å²) in [6, 6.07) is 16.5. The largest absolute Gasteiger partial charge is 0.416 e. The Morgan fingerprint density at radius 2 is 1.61 bits per heavy atom. The fourth-order valence-electron chi connectivity index (χ4n) is 4.18. The molecule has 3 rings (SSSR count). The Morgan fingerprint density at radius 3 is 2.22 bits per heavy atom. The zero-order valence-electron chi connectivity index (χ0n) is 22.6. The normalized spacial score (nSPS) is 12.4. The lowest BCUT2D eigenvalue weighted by molar-refractivity contribution is -0.140. The van der Waals surface area contributed by atoms with Crippen molar-refractivity contribution in [2.75, 3.05) is 17.4 Å². The molecule has 3 aromatic carbocycles. The number of halogens is 4. The number of hydrogen-bond acceptors (Lipinski definition) is 4. The average Bonchev–Trinajstić information content (AvgIpc) is 2.95. The van der Waals surface area contributed by atoms with Crippen molar-refractivity contribution in [3.8, 4) is 0 Å². The van der Waals surface area contributed by atoms with Crippen LogP contribution in [0.4, 0.5) is 18.9 Å². The van der Waals surface area contributed by atoms with Gasteiger partial charge in [0.25, 0.3) is 10.0 Å². The molecular formula is C29H31ClF3N3O4S. The molecule has 0 spiro atoms. The Hall–Kier alpha value is -3.57. The summed E-state index contributed by atoms with van der Waals surface area (Å²) in [6.45, 7) is 2.95. The third-order valence-corrected chi connectivity index (χ3v) is 8.46. The van der Waals surface area contributed by atoms with Crippen molar-refractivity contribution in [3.63, 3.8) is 0 Å². The summed E-state index contributed by atoms with van der Waals surface area (Å²) in [5.74, 6) is -1.23. The molecular weight excluding hydrogens is 579 g/mol. The predicted molar refractivity (Wildman–Crippen MR) is 152 cm³/mol. The molecule has 7 nitrogen and oxygen atoms in total.